The summed E-state index contributed by atoms with van der Waals surface area (Å²) in [6, 6.07) is 16.4. The van der Waals surface area contributed by atoms with Gasteiger partial charge in [-0.2, -0.15) is 0 Å². The van der Waals surface area contributed by atoms with Crippen LogP contribution >= 0.6 is 0 Å². The first-order valence-corrected chi connectivity index (χ1v) is 11.4. The van der Waals surface area contributed by atoms with Gasteiger partial charge >= 0.3 is 12.3 Å². The maximum atomic E-state index is 12.4. The Kier molecular flexibility index (Phi) is 7.20. The number of alkyl halides is 3. The number of benzene rings is 3. The van der Waals surface area contributed by atoms with Crippen molar-refractivity contribution in [3.8, 4) is 28.7 Å². The van der Waals surface area contributed by atoms with Crippen LogP contribution in [0.4, 0.5) is 18.9 Å². The second-order valence-electron chi connectivity index (χ2n) is 8.51. The zero-order chi connectivity index (χ0) is 27.6. The average Bonchev–Trinajstić information content (AvgIpc) is 3.13. The first-order valence-electron chi connectivity index (χ1n) is 11.4. The van der Waals surface area contributed by atoms with E-state index in [1.807, 2.05) is 13.8 Å². The van der Waals surface area contributed by atoms with Crippen LogP contribution in [0.2, 0.25) is 0 Å². The Hall–Kier alpha value is -4.67. The molecule has 4 aromatic rings. The Morgan fingerprint density at radius 1 is 0.895 bits per heavy atom. The van der Waals surface area contributed by atoms with Crippen molar-refractivity contribution in [3.05, 3.63) is 72.4 Å². The molecule has 1 aromatic heterocycles. The number of nitrogens with zero attached hydrogens (tertiary/aromatic N) is 1. The molecular formula is C27H23F3N2O6. The molecule has 0 aliphatic heterocycles. The van der Waals surface area contributed by atoms with Crippen LogP contribution in [0.1, 0.15) is 31.3 Å². The van der Waals surface area contributed by atoms with Crippen molar-refractivity contribution in [2.45, 2.75) is 33.2 Å². The highest BCUT2D eigenvalue weighted by molar-refractivity contribution is 6.12. The summed E-state index contributed by atoms with van der Waals surface area (Å²) < 4.78 is 54.0. The van der Waals surface area contributed by atoms with E-state index in [4.69, 9.17) is 9.47 Å². The molecule has 0 unspecified atom stereocenters. The molecule has 2 N–H and O–H groups in total. The van der Waals surface area contributed by atoms with Gasteiger partial charge < -0.3 is 29.2 Å². The molecule has 38 heavy (non-hydrogen) atoms. The maximum Gasteiger partial charge on any atom is 0.573 e. The van der Waals surface area contributed by atoms with Gasteiger partial charge in [0.1, 0.15) is 23.0 Å². The number of rotatable bonds is 8. The van der Waals surface area contributed by atoms with Crippen LogP contribution in [0.3, 0.4) is 0 Å². The first-order chi connectivity index (χ1) is 17.9. The predicted octanol–water partition coefficient (Wildman–Crippen LogP) is 6.77. The number of fused-ring (bicyclic) bond motifs is 1. The summed E-state index contributed by atoms with van der Waals surface area (Å²) in [5.74, 6) is -1.04. The molecular weight excluding hydrogens is 505 g/mol. The van der Waals surface area contributed by atoms with Crippen LogP contribution in [0, 0.1) is 0 Å². The van der Waals surface area contributed by atoms with E-state index >= 15 is 0 Å². The molecule has 8 nitrogen and oxygen atoms in total. The molecule has 1 amide bonds. The van der Waals surface area contributed by atoms with Gasteiger partial charge in [0.25, 0.3) is 0 Å². The topological polar surface area (TPSA) is 99.0 Å². The van der Waals surface area contributed by atoms with Crippen LogP contribution in [-0.2, 0) is 4.79 Å². The number of carboxylic acid groups (broad SMARTS) is 1. The number of carbonyl (C=O) groups excluding carboxylic acids is 1. The van der Waals surface area contributed by atoms with Crippen molar-refractivity contribution in [2.24, 2.45) is 0 Å². The molecule has 11 heteroatoms. The fourth-order valence-corrected chi connectivity index (χ4v) is 3.90. The minimum absolute atomic E-state index is 0.0407. The third kappa shape index (κ3) is 6.00. The van der Waals surface area contributed by atoms with E-state index in [9.17, 15) is 27.9 Å². The summed E-state index contributed by atoms with van der Waals surface area (Å²) in [5.41, 5.74) is 0.902. The summed E-state index contributed by atoms with van der Waals surface area (Å²) in [4.78, 5) is 24.3. The number of ether oxygens (including phenoxy) is 3. The number of carbonyl (C=O) groups is 2. The van der Waals surface area contributed by atoms with Gasteiger partial charge in [0.15, 0.2) is 5.69 Å². The average molecular weight is 528 g/mol. The highest BCUT2D eigenvalue weighted by atomic mass is 19.4. The fraction of sp³-hybridized carbons (Fsp3) is 0.185. The molecule has 4 rings (SSSR count). The van der Waals surface area contributed by atoms with Crippen LogP contribution in [0.15, 0.2) is 66.7 Å². The molecule has 0 saturated carbocycles. The van der Waals surface area contributed by atoms with E-state index in [0.717, 1.165) is 12.1 Å². The Morgan fingerprint density at radius 3 is 2.03 bits per heavy atom. The summed E-state index contributed by atoms with van der Waals surface area (Å²) in [7, 11) is 0. The van der Waals surface area contributed by atoms with Gasteiger partial charge in [-0.25, -0.2) is 4.79 Å². The number of aromatic nitrogens is 1. The lowest BCUT2D eigenvalue weighted by Crippen LogP contribution is -2.16. The number of nitrogens with one attached hydrogen (secondary N) is 1. The third-order valence-electron chi connectivity index (χ3n) is 5.20. The van der Waals surface area contributed by atoms with Crippen LogP contribution in [0.5, 0.6) is 23.0 Å². The number of halogens is 3. The second kappa shape index (κ2) is 10.4. The van der Waals surface area contributed by atoms with Gasteiger partial charge in [-0.15, -0.1) is 13.2 Å². The number of aromatic carboxylic acids is 1. The normalized spacial score (nSPS) is 11.4. The minimum Gasteiger partial charge on any atom is -0.491 e. The van der Waals surface area contributed by atoms with E-state index < -0.39 is 24.0 Å². The van der Waals surface area contributed by atoms with E-state index in [1.165, 1.54) is 23.6 Å². The van der Waals surface area contributed by atoms with Gasteiger partial charge in [0, 0.05) is 18.0 Å². The fourth-order valence-electron chi connectivity index (χ4n) is 3.90. The Morgan fingerprint density at radius 2 is 1.47 bits per heavy atom. The molecule has 0 saturated heterocycles. The third-order valence-corrected chi connectivity index (χ3v) is 5.20. The molecule has 0 radical (unpaired) electrons. The van der Waals surface area contributed by atoms with Gasteiger partial charge in [-0.05, 0) is 80.6 Å². The molecule has 198 valence electrons. The quantitative estimate of drug-likeness (QED) is 0.262. The molecule has 0 spiro atoms. The standard InChI is InChI=1S/C27H23F3N2O6/c1-15(2)36-18-6-4-17(5-7-18)32-23-13-12-21(14-22(23)24(31-16(3)33)25(32)26(34)35)37-19-8-10-20(11-9-19)38-27(28,29)30/h4-15H,1-3H3,(H,31,33)(H,34,35). The molecule has 0 bridgehead atoms. The van der Waals surface area contributed by atoms with E-state index in [1.54, 1.807) is 42.5 Å². The summed E-state index contributed by atoms with van der Waals surface area (Å²) in [6.45, 7) is 5.04. The minimum atomic E-state index is -4.82. The Balaban J connectivity index is 1.77. The number of hydrogen-bond acceptors (Lipinski definition) is 5. The number of carboxylic acids is 1. The Bertz CT molecular complexity index is 1480. The summed E-state index contributed by atoms with van der Waals surface area (Å²) in [6.07, 6.45) is -4.86. The van der Waals surface area contributed by atoms with Gasteiger partial charge in [-0.3, -0.25) is 4.79 Å². The van der Waals surface area contributed by atoms with Crippen molar-refractivity contribution in [1.29, 1.82) is 0 Å². The lowest BCUT2D eigenvalue weighted by atomic mass is 10.2. The highest BCUT2D eigenvalue weighted by Gasteiger charge is 2.31. The van der Waals surface area contributed by atoms with Crippen LogP contribution < -0.4 is 19.5 Å². The van der Waals surface area contributed by atoms with Crippen LogP contribution in [-0.4, -0.2) is 34.0 Å². The monoisotopic (exact) mass is 528 g/mol. The maximum absolute atomic E-state index is 12.4. The molecule has 3 aromatic carbocycles. The SMILES string of the molecule is CC(=O)Nc1c(C(=O)O)n(-c2ccc(OC(C)C)cc2)c2ccc(Oc3ccc(OC(F)(F)F)cc3)cc12. The first kappa shape index (κ1) is 26.4. The van der Waals surface area contributed by atoms with E-state index in [-0.39, 0.29) is 29.0 Å². The summed E-state index contributed by atoms with van der Waals surface area (Å²) in [5, 5.41) is 13.1. The van der Waals surface area contributed by atoms with Crippen LogP contribution in [0.25, 0.3) is 16.6 Å². The molecule has 0 aliphatic rings. The molecule has 0 fully saturated rings. The van der Waals surface area contributed by atoms with Crippen molar-refractivity contribution >= 4 is 28.5 Å². The highest BCUT2D eigenvalue weighted by Crippen LogP contribution is 2.38. The number of hydrogen-bond donors (Lipinski definition) is 2. The number of amides is 1. The number of anilines is 1. The largest absolute Gasteiger partial charge is 0.573 e. The van der Waals surface area contributed by atoms with Gasteiger partial charge in [-0.1, -0.05) is 0 Å². The van der Waals surface area contributed by atoms with Crippen molar-refractivity contribution in [2.75, 3.05) is 5.32 Å². The molecule has 1 heterocycles. The zero-order valence-corrected chi connectivity index (χ0v) is 20.5. The lowest BCUT2D eigenvalue weighted by Gasteiger charge is -2.13. The van der Waals surface area contributed by atoms with Gasteiger partial charge in [0.2, 0.25) is 5.91 Å². The van der Waals surface area contributed by atoms with E-state index in [0.29, 0.717) is 22.3 Å². The predicted molar refractivity (Wildman–Crippen MR) is 134 cm³/mol. The van der Waals surface area contributed by atoms with Crippen molar-refractivity contribution in [1.82, 2.24) is 4.57 Å². The summed E-state index contributed by atoms with van der Waals surface area (Å²) >= 11 is 0. The zero-order valence-electron chi connectivity index (χ0n) is 20.5. The lowest BCUT2D eigenvalue weighted by molar-refractivity contribution is -0.274. The smallest absolute Gasteiger partial charge is 0.491 e. The molecule has 0 aliphatic carbocycles. The Labute approximate surface area is 215 Å². The van der Waals surface area contributed by atoms with Gasteiger partial charge in [0.05, 0.1) is 17.3 Å². The van der Waals surface area contributed by atoms with Crippen molar-refractivity contribution < 1.29 is 42.1 Å². The molecule has 0 atom stereocenters. The second-order valence-corrected chi connectivity index (χ2v) is 8.51. The van der Waals surface area contributed by atoms with Crippen molar-refractivity contribution in [3.63, 3.8) is 0 Å². The van der Waals surface area contributed by atoms with E-state index in [2.05, 4.69) is 10.1 Å².